The molecule has 1 saturated carbocycles. The highest BCUT2D eigenvalue weighted by atomic mass is 32.2. The van der Waals surface area contributed by atoms with E-state index < -0.39 is 38.8 Å². The number of anilines is 2. The molecule has 1 saturated heterocycles. The maximum absolute atomic E-state index is 14.0. The number of rotatable bonds is 13. The predicted octanol–water partition coefficient (Wildman–Crippen LogP) is 3.09. The zero-order valence-corrected chi connectivity index (χ0v) is 30.5. The number of amides is 3. The number of alkyl halides is 3. The number of likely N-dealkylation sites (N-methyl/N-ethyl adjacent to an activating group) is 1. The lowest BCUT2D eigenvalue weighted by Gasteiger charge is -2.38. The van der Waals surface area contributed by atoms with Crippen LogP contribution in [0, 0.1) is 0 Å². The number of benzene rings is 2. The molecule has 1 heterocycles. The molecular formula is C35H45F3N8O5S. The molecule has 5 N–H and O–H groups in total. The van der Waals surface area contributed by atoms with Crippen molar-refractivity contribution in [3.05, 3.63) is 82.1 Å². The summed E-state index contributed by atoms with van der Waals surface area (Å²) < 4.78 is 68.1. The number of carbonyl (C=O) groups is 3. The summed E-state index contributed by atoms with van der Waals surface area (Å²) in [6.07, 6.45) is -0.818. The Bertz CT molecular complexity index is 1880. The van der Waals surface area contributed by atoms with Crippen LogP contribution in [0.15, 0.2) is 59.8 Å². The Labute approximate surface area is 301 Å². The van der Waals surface area contributed by atoms with E-state index in [-0.39, 0.29) is 67.6 Å². The van der Waals surface area contributed by atoms with Gasteiger partial charge in [0.05, 0.1) is 28.6 Å². The quantitative estimate of drug-likeness (QED) is 0.226. The van der Waals surface area contributed by atoms with Gasteiger partial charge < -0.3 is 36.0 Å². The lowest BCUT2D eigenvalue weighted by Crippen LogP contribution is -2.51. The molecule has 3 amide bonds. The number of fused-ring (bicyclic) bond motifs is 1. The molecule has 282 valence electrons. The minimum atomic E-state index is -4.48. The molecule has 0 aromatic heterocycles. The van der Waals surface area contributed by atoms with Gasteiger partial charge in [-0.3, -0.25) is 19.1 Å². The molecule has 1 aliphatic heterocycles. The average molecular weight is 747 g/mol. The number of hydrogen-bond acceptors (Lipinski definition) is 9. The van der Waals surface area contributed by atoms with Crippen LogP contribution in [0.2, 0.25) is 0 Å². The highest BCUT2D eigenvalue weighted by molar-refractivity contribution is 7.93. The number of sulfonamides is 1. The number of piperazine rings is 1. The molecule has 2 aromatic carbocycles. The van der Waals surface area contributed by atoms with Crippen molar-refractivity contribution < 1.29 is 36.0 Å². The first-order chi connectivity index (χ1) is 24.5. The number of allylic oxidation sites excluding steroid dienone is 1. The van der Waals surface area contributed by atoms with Gasteiger partial charge in [-0.25, -0.2) is 8.42 Å². The van der Waals surface area contributed by atoms with E-state index in [9.17, 15) is 36.0 Å². The summed E-state index contributed by atoms with van der Waals surface area (Å²) >= 11 is 0. The summed E-state index contributed by atoms with van der Waals surface area (Å²) in [6, 6.07) is 8.70. The van der Waals surface area contributed by atoms with Crippen molar-refractivity contribution in [2.45, 2.75) is 50.5 Å². The van der Waals surface area contributed by atoms with Crippen LogP contribution in [-0.4, -0.2) is 105 Å². The first kappa shape index (κ1) is 38.3. The Balaban J connectivity index is 1.33. The third kappa shape index (κ3) is 8.57. The van der Waals surface area contributed by atoms with Gasteiger partial charge in [-0.1, -0.05) is 19.1 Å². The van der Waals surface area contributed by atoms with Crippen molar-refractivity contribution in [3.63, 3.8) is 0 Å². The zero-order chi connectivity index (χ0) is 38.0. The van der Waals surface area contributed by atoms with Crippen molar-refractivity contribution in [2.24, 2.45) is 5.73 Å². The van der Waals surface area contributed by atoms with Gasteiger partial charge in [0.25, 0.3) is 11.8 Å². The average Bonchev–Trinajstić information content (AvgIpc) is 3.93. The van der Waals surface area contributed by atoms with Crippen molar-refractivity contribution in [2.75, 3.05) is 63.9 Å². The van der Waals surface area contributed by atoms with Gasteiger partial charge in [0.15, 0.2) is 0 Å². The summed E-state index contributed by atoms with van der Waals surface area (Å²) in [7, 11) is 1.42. The lowest BCUT2D eigenvalue weighted by molar-refractivity contribution is -0.138. The second-order valence-corrected chi connectivity index (χ2v) is 15.2. The summed E-state index contributed by atoms with van der Waals surface area (Å²) in [4.78, 5) is 47.2. The van der Waals surface area contributed by atoms with E-state index in [1.807, 2.05) is 11.8 Å². The van der Waals surface area contributed by atoms with Crippen LogP contribution < -0.4 is 21.1 Å². The van der Waals surface area contributed by atoms with Gasteiger partial charge in [-0.15, -0.1) is 0 Å². The number of nitrogens with one attached hydrogen (secondary N) is 3. The van der Waals surface area contributed by atoms with Crippen molar-refractivity contribution in [3.8, 4) is 0 Å². The van der Waals surface area contributed by atoms with E-state index in [1.165, 1.54) is 17.2 Å². The standard InChI is InChI=1S/C35H45F3N8O5S/c1-5-27(40-20-31(47)41-28-15-14-26(35(36,37)38)23-12-13-24(23)28)32(34(49)44(4)21-30(39)43(2)3)45-16-18-46(19-17-45)33(48)25-8-6-7-9-29(25)42-52(50,51)22-10-11-22/h6-9,14-15,21-22,40,42H,5,10-13,16-20,39H2,1-4H3,(H,41,47)/b30-21+,32-27+. The summed E-state index contributed by atoms with van der Waals surface area (Å²) in [6.45, 7) is 2.48. The molecule has 2 aromatic rings. The van der Waals surface area contributed by atoms with Gasteiger partial charge in [0.1, 0.15) is 11.5 Å². The SMILES string of the molecule is CC/C(NCC(=O)Nc1ccc(C(F)(F)F)c2c1CC2)=C(/C(=O)N(C)/C=C(\N)N(C)C)N1CCN(C(=O)c2ccccc2NS(=O)(=O)C2CC2)CC1. The Morgan fingerprint density at radius 2 is 1.58 bits per heavy atom. The van der Waals surface area contributed by atoms with Gasteiger partial charge in [0.2, 0.25) is 15.9 Å². The number of halogens is 3. The van der Waals surface area contributed by atoms with Crippen LogP contribution in [0.25, 0.3) is 0 Å². The maximum Gasteiger partial charge on any atom is 0.416 e. The highest BCUT2D eigenvalue weighted by Gasteiger charge is 2.38. The Morgan fingerprint density at radius 1 is 0.942 bits per heavy atom. The van der Waals surface area contributed by atoms with E-state index in [0.717, 1.165) is 6.07 Å². The third-order valence-corrected chi connectivity index (χ3v) is 11.2. The van der Waals surface area contributed by atoms with Crippen molar-refractivity contribution in [1.29, 1.82) is 0 Å². The van der Waals surface area contributed by atoms with Gasteiger partial charge in [0, 0.05) is 64.9 Å². The van der Waals surface area contributed by atoms with E-state index in [0.29, 0.717) is 48.5 Å². The van der Waals surface area contributed by atoms with Crippen LogP contribution in [0.3, 0.4) is 0 Å². The molecule has 0 atom stereocenters. The third-order valence-electron chi connectivity index (χ3n) is 9.36. The summed E-state index contributed by atoms with van der Waals surface area (Å²) in [5, 5.41) is 5.33. The smallest absolute Gasteiger partial charge is 0.384 e. The molecule has 52 heavy (non-hydrogen) atoms. The molecule has 2 aliphatic carbocycles. The molecule has 2 fully saturated rings. The van der Waals surface area contributed by atoms with Crippen LogP contribution in [-0.2, 0) is 38.6 Å². The predicted molar refractivity (Wildman–Crippen MR) is 191 cm³/mol. The number of carbonyl (C=O) groups excluding carboxylic acids is 3. The fourth-order valence-corrected chi connectivity index (χ4v) is 7.56. The minimum Gasteiger partial charge on any atom is -0.384 e. The molecule has 5 rings (SSSR count). The molecule has 0 unspecified atom stereocenters. The van der Waals surface area contributed by atoms with E-state index in [4.69, 9.17) is 5.73 Å². The number of nitrogens with zero attached hydrogens (tertiary/aromatic N) is 4. The molecule has 0 radical (unpaired) electrons. The van der Waals surface area contributed by atoms with E-state index in [2.05, 4.69) is 15.4 Å². The van der Waals surface area contributed by atoms with Crippen LogP contribution in [0.1, 0.15) is 53.2 Å². The fourth-order valence-electron chi connectivity index (χ4n) is 6.15. The molecular weight excluding hydrogens is 701 g/mol. The van der Waals surface area contributed by atoms with Crippen molar-refractivity contribution >= 4 is 39.1 Å². The first-order valence-corrected chi connectivity index (χ1v) is 18.6. The molecule has 17 heteroatoms. The largest absolute Gasteiger partial charge is 0.416 e. The Kier molecular flexibility index (Phi) is 11.3. The normalized spacial score (nSPS) is 16.6. The van der Waals surface area contributed by atoms with Crippen LogP contribution in [0.5, 0.6) is 0 Å². The number of para-hydroxylation sites is 1. The van der Waals surface area contributed by atoms with E-state index >= 15 is 0 Å². The monoisotopic (exact) mass is 746 g/mol. The zero-order valence-electron chi connectivity index (χ0n) is 29.6. The summed E-state index contributed by atoms with van der Waals surface area (Å²) in [5.74, 6) is -0.949. The highest BCUT2D eigenvalue weighted by Crippen LogP contribution is 2.41. The first-order valence-electron chi connectivity index (χ1n) is 17.1. The van der Waals surface area contributed by atoms with Crippen LogP contribution in [0.4, 0.5) is 24.5 Å². The van der Waals surface area contributed by atoms with Gasteiger partial charge in [-0.2, -0.15) is 13.2 Å². The van der Waals surface area contributed by atoms with Gasteiger partial charge in [-0.05, 0) is 67.5 Å². The molecule has 0 bridgehead atoms. The Hall–Kier alpha value is -4.93. The molecule has 3 aliphatic rings. The second-order valence-electron chi connectivity index (χ2n) is 13.2. The lowest BCUT2D eigenvalue weighted by atomic mass is 9.83. The Morgan fingerprint density at radius 3 is 2.15 bits per heavy atom. The second kappa shape index (κ2) is 15.4. The van der Waals surface area contributed by atoms with E-state index in [1.54, 1.807) is 55.2 Å². The molecule has 0 spiro atoms. The molecule has 13 nitrogen and oxygen atoms in total. The van der Waals surface area contributed by atoms with Crippen LogP contribution >= 0.6 is 0 Å². The fraction of sp³-hybridized carbons (Fsp3) is 0.457. The topological polar surface area (TPSA) is 160 Å². The minimum absolute atomic E-state index is 0.189. The number of hydrogen-bond donors (Lipinski definition) is 4. The van der Waals surface area contributed by atoms with Crippen molar-refractivity contribution in [1.82, 2.24) is 24.9 Å². The van der Waals surface area contributed by atoms with Gasteiger partial charge >= 0.3 is 6.18 Å². The maximum atomic E-state index is 14.0. The number of nitrogens with two attached hydrogens (primary N) is 1. The summed E-state index contributed by atoms with van der Waals surface area (Å²) in [5.41, 5.74) is 7.54.